The summed E-state index contributed by atoms with van der Waals surface area (Å²) in [5.41, 5.74) is 3.22. The van der Waals surface area contributed by atoms with Crippen LogP contribution < -0.4 is 14.2 Å². The van der Waals surface area contributed by atoms with Gasteiger partial charge in [-0.05, 0) is 99.5 Å². The molecule has 0 atom stereocenters. The molecule has 0 saturated heterocycles. The molecule has 0 N–H and O–H groups in total. The van der Waals surface area contributed by atoms with Crippen LogP contribution in [-0.4, -0.2) is 32.1 Å². The summed E-state index contributed by atoms with van der Waals surface area (Å²) in [6.45, 7) is 6.75. The van der Waals surface area contributed by atoms with E-state index in [0.717, 1.165) is 59.6 Å². The number of hydrogen-bond donors (Lipinski definition) is 0. The Kier molecular flexibility index (Phi) is 8.39. The minimum Gasteiger partial charge on any atom is -0.490 e. The molecular weight excluding hydrogens is 390 g/mol. The summed E-state index contributed by atoms with van der Waals surface area (Å²) in [6, 6.07) is 12.0. The van der Waals surface area contributed by atoms with Gasteiger partial charge in [-0.3, -0.25) is 0 Å². The second kappa shape index (κ2) is 11.4. The van der Waals surface area contributed by atoms with Crippen molar-refractivity contribution < 1.29 is 19.0 Å². The standard InChI is InChI=1S/C26H33NO4/c1-5-6-15-29-25-16-19(2)26(20(3)17-25)31-24-13-11-23(12-14-24)30-22-9-7-21(8-10-22)18-27-28-4/h5-10,16-18,23-24H,11-15H2,1-4H3/b6-5+,27-18?. The van der Waals surface area contributed by atoms with Crippen LogP contribution >= 0.6 is 0 Å². The average molecular weight is 424 g/mol. The Morgan fingerprint density at radius 1 is 0.903 bits per heavy atom. The molecule has 2 aromatic carbocycles. The van der Waals surface area contributed by atoms with Crippen molar-refractivity contribution in [3.8, 4) is 17.2 Å². The molecule has 0 radical (unpaired) electrons. The van der Waals surface area contributed by atoms with Crippen LogP contribution in [0.4, 0.5) is 0 Å². The van der Waals surface area contributed by atoms with E-state index in [4.69, 9.17) is 19.0 Å². The van der Waals surface area contributed by atoms with Crippen molar-refractivity contribution >= 4 is 6.21 Å². The fourth-order valence-corrected chi connectivity index (χ4v) is 3.79. The molecule has 1 saturated carbocycles. The molecule has 1 aliphatic carbocycles. The van der Waals surface area contributed by atoms with E-state index in [1.807, 2.05) is 43.3 Å². The van der Waals surface area contributed by atoms with Gasteiger partial charge in [0.25, 0.3) is 0 Å². The molecule has 1 fully saturated rings. The summed E-state index contributed by atoms with van der Waals surface area (Å²) in [6.07, 6.45) is 10.1. The van der Waals surface area contributed by atoms with Gasteiger partial charge in [-0.2, -0.15) is 0 Å². The summed E-state index contributed by atoms with van der Waals surface area (Å²) >= 11 is 0. The van der Waals surface area contributed by atoms with Crippen LogP contribution in [0.1, 0.15) is 49.3 Å². The Hall–Kier alpha value is -2.95. The lowest BCUT2D eigenvalue weighted by molar-refractivity contribution is 0.0798. The first-order chi connectivity index (χ1) is 15.1. The number of aryl methyl sites for hydroxylation is 2. The predicted octanol–water partition coefficient (Wildman–Crippen LogP) is 6.01. The number of ether oxygens (including phenoxy) is 3. The molecule has 0 aromatic heterocycles. The average Bonchev–Trinajstić information content (AvgIpc) is 2.77. The SMILES string of the molecule is C/C=C/COc1cc(C)c(OC2CCC(Oc3ccc(C=NOC)cc3)CC2)c(C)c1. The third-order valence-electron chi connectivity index (χ3n) is 5.41. The lowest BCUT2D eigenvalue weighted by Gasteiger charge is -2.30. The van der Waals surface area contributed by atoms with Crippen molar-refractivity contribution in [3.05, 3.63) is 65.2 Å². The highest BCUT2D eigenvalue weighted by Gasteiger charge is 2.24. The zero-order chi connectivity index (χ0) is 22.1. The summed E-state index contributed by atoms with van der Waals surface area (Å²) in [7, 11) is 1.53. The van der Waals surface area contributed by atoms with E-state index in [0.29, 0.717) is 6.61 Å². The van der Waals surface area contributed by atoms with Crippen LogP contribution in [0.3, 0.4) is 0 Å². The molecule has 5 nitrogen and oxygen atoms in total. The lowest BCUT2D eigenvalue weighted by atomic mass is 9.94. The fraction of sp³-hybridized carbons (Fsp3) is 0.423. The molecule has 31 heavy (non-hydrogen) atoms. The molecule has 5 heteroatoms. The highest BCUT2D eigenvalue weighted by molar-refractivity contribution is 5.79. The van der Waals surface area contributed by atoms with Gasteiger partial charge in [-0.1, -0.05) is 17.3 Å². The Bertz CT molecular complexity index is 858. The van der Waals surface area contributed by atoms with Gasteiger partial charge in [0, 0.05) is 0 Å². The van der Waals surface area contributed by atoms with Gasteiger partial charge in [-0.25, -0.2) is 0 Å². The van der Waals surface area contributed by atoms with Gasteiger partial charge < -0.3 is 19.0 Å². The highest BCUT2D eigenvalue weighted by Crippen LogP contribution is 2.33. The van der Waals surface area contributed by atoms with Crippen LogP contribution in [-0.2, 0) is 4.84 Å². The number of rotatable bonds is 9. The van der Waals surface area contributed by atoms with Crippen molar-refractivity contribution in [3.63, 3.8) is 0 Å². The first-order valence-electron chi connectivity index (χ1n) is 10.9. The molecule has 1 aliphatic rings. The van der Waals surface area contributed by atoms with Gasteiger partial charge in [0.05, 0.1) is 18.4 Å². The molecule has 0 heterocycles. The molecule has 0 spiro atoms. The molecule has 2 aromatic rings. The molecular formula is C26H33NO4. The minimum atomic E-state index is 0.222. The first-order valence-corrected chi connectivity index (χ1v) is 10.9. The van der Waals surface area contributed by atoms with E-state index in [1.54, 1.807) is 6.21 Å². The smallest absolute Gasteiger partial charge is 0.125 e. The summed E-state index contributed by atoms with van der Waals surface area (Å²) in [4.78, 5) is 4.71. The molecule has 0 aliphatic heterocycles. The van der Waals surface area contributed by atoms with Crippen LogP contribution in [0.25, 0.3) is 0 Å². The largest absolute Gasteiger partial charge is 0.490 e. The molecule has 0 unspecified atom stereocenters. The fourth-order valence-electron chi connectivity index (χ4n) is 3.79. The summed E-state index contributed by atoms with van der Waals surface area (Å²) in [5.74, 6) is 2.76. The number of oxime groups is 1. The summed E-state index contributed by atoms with van der Waals surface area (Å²) < 4.78 is 18.3. The highest BCUT2D eigenvalue weighted by atomic mass is 16.6. The Morgan fingerprint density at radius 3 is 2.10 bits per heavy atom. The van der Waals surface area contributed by atoms with E-state index in [2.05, 4.69) is 31.1 Å². The van der Waals surface area contributed by atoms with Gasteiger partial charge in [0.15, 0.2) is 0 Å². The Balaban J connectivity index is 1.50. The van der Waals surface area contributed by atoms with Gasteiger partial charge in [-0.15, -0.1) is 0 Å². The minimum absolute atomic E-state index is 0.222. The predicted molar refractivity (Wildman–Crippen MR) is 125 cm³/mol. The van der Waals surface area contributed by atoms with Crippen molar-refractivity contribution in [2.75, 3.05) is 13.7 Å². The third kappa shape index (κ3) is 6.78. The first kappa shape index (κ1) is 22.7. The van der Waals surface area contributed by atoms with Gasteiger partial charge in [0.1, 0.15) is 31.0 Å². The van der Waals surface area contributed by atoms with E-state index >= 15 is 0 Å². The Morgan fingerprint density at radius 2 is 1.52 bits per heavy atom. The van der Waals surface area contributed by atoms with Crippen molar-refractivity contribution in [2.24, 2.45) is 5.16 Å². The van der Waals surface area contributed by atoms with Crippen LogP contribution in [0.2, 0.25) is 0 Å². The van der Waals surface area contributed by atoms with Gasteiger partial charge >= 0.3 is 0 Å². The number of allylic oxidation sites excluding steroid dienone is 1. The maximum Gasteiger partial charge on any atom is 0.125 e. The lowest BCUT2D eigenvalue weighted by Crippen LogP contribution is -2.30. The van der Waals surface area contributed by atoms with Crippen molar-refractivity contribution in [1.82, 2.24) is 0 Å². The van der Waals surface area contributed by atoms with Crippen molar-refractivity contribution in [1.29, 1.82) is 0 Å². The van der Waals surface area contributed by atoms with Crippen LogP contribution in [0.15, 0.2) is 53.7 Å². The third-order valence-corrected chi connectivity index (χ3v) is 5.41. The number of benzene rings is 2. The maximum absolute atomic E-state index is 6.40. The summed E-state index contributed by atoms with van der Waals surface area (Å²) in [5, 5.41) is 3.77. The maximum atomic E-state index is 6.40. The Labute approximate surface area is 185 Å². The van der Waals surface area contributed by atoms with E-state index < -0.39 is 0 Å². The second-order valence-corrected chi connectivity index (χ2v) is 7.89. The molecule has 3 rings (SSSR count). The molecule has 0 amide bonds. The molecule has 166 valence electrons. The van der Waals surface area contributed by atoms with E-state index in [-0.39, 0.29) is 12.2 Å². The van der Waals surface area contributed by atoms with E-state index in [9.17, 15) is 0 Å². The monoisotopic (exact) mass is 423 g/mol. The number of hydrogen-bond acceptors (Lipinski definition) is 5. The van der Waals surface area contributed by atoms with E-state index in [1.165, 1.54) is 7.11 Å². The number of nitrogens with zero attached hydrogens (tertiary/aromatic N) is 1. The topological polar surface area (TPSA) is 49.3 Å². The van der Waals surface area contributed by atoms with Crippen molar-refractivity contribution in [2.45, 2.75) is 58.7 Å². The zero-order valence-electron chi connectivity index (χ0n) is 19.0. The van der Waals surface area contributed by atoms with Gasteiger partial charge in [0.2, 0.25) is 0 Å². The quantitative estimate of drug-likeness (QED) is 0.282. The molecule has 0 bridgehead atoms. The normalized spacial score (nSPS) is 19.0. The second-order valence-electron chi connectivity index (χ2n) is 7.89. The van der Waals surface area contributed by atoms with Crippen LogP contribution in [0, 0.1) is 13.8 Å². The zero-order valence-corrected chi connectivity index (χ0v) is 19.0. The van der Waals surface area contributed by atoms with Crippen LogP contribution in [0.5, 0.6) is 17.2 Å².